The molecule has 0 aliphatic carbocycles. The van der Waals surface area contributed by atoms with Crippen LogP contribution in [0.3, 0.4) is 0 Å². The van der Waals surface area contributed by atoms with Crippen molar-refractivity contribution >= 4 is 40.5 Å². The summed E-state index contributed by atoms with van der Waals surface area (Å²) in [5, 5.41) is 10.0. The number of unbranched alkanes of at least 4 members (excludes halogenated alkanes) is 9. The summed E-state index contributed by atoms with van der Waals surface area (Å²) in [5.74, 6) is -2.00. The molecule has 6 unspecified atom stereocenters. The van der Waals surface area contributed by atoms with Crippen LogP contribution in [0, 0.1) is 21.7 Å². The van der Waals surface area contributed by atoms with Crippen molar-refractivity contribution in [3.8, 4) is 0 Å². The van der Waals surface area contributed by atoms with Crippen LogP contribution in [0.4, 0.5) is 0 Å². The number of rotatable bonds is 43. The van der Waals surface area contributed by atoms with Gasteiger partial charge in [0.1, 0.15) is 26.4 Å². The molecule has 0 aromatic carbocycles. The number of carbonyl (C=O) groups is 4. The lowest BCUT2D eigenvalue weighted by molar-refractivity contribution is -0.870. The molecule has 0 radical (unpaired) electrons. The second kappa shape index (κ2) is 33.7. The summed E-state index contributed by atoms with van der Waals surface area (Å²) in [4.78, 5) is 67.9. The van der Waals surface area contributed by atoms with Gasteiger partial charge in [-0.3, -0.25) is 23.7 Å². The van der Waals surface area contributed by atoms with Crippen molar-refractivity contribution in [2.45, 2.75) is 190 Å². The predicted molar refractivity (Wildman–Crippen MR) is 267 cm³/mol. The quantitative estimate of drug-likeness (QED) is 0.0151. The maximum absolute atomic E-state index is 14.3. The Morgan fingerprint density at radius 2 is 0.913 bits per heavy atom. The summed E-state index contributed by atoms with van der Waals surface area (Å²) < 4.78 is 62.1. The van der Waals surface area contributed by atoms with Gasteiger partial charge in [-0.05, 0) is 98.8 Å². The first-order valence-electron chi connectivity index (χ1n) is 25.6. The molecule has 1 N–H and O–H groups in total. The van der Waals surface area contributed by atoms with Gasteiger partial charge in [0.25, 0.3) is 7.82 Å². The van der Waals surface area contributed by atoms with E-state index in [1.54, 1.807) is 20.8 Å². The van der Waals surface area contributed by atoms with Crippen LogP contribution in [-0.4, -0.2) is 137 Å². The molecule has 0 aromatic heterocycles. The molecular formula is C50H98NO16PSi. The van der Waals surface area contributed by atoms with Crippen molar-refractivity contribution in [3.63, 3.8) is 0 Å². The Morgan fingerprint density at radius 3 is 1.32 bits per heavy atom. The number of aliphatic hydroxyl groups excluding tert-OH is 1. The van der Waals surface area contributed by atoms with E-state index in [2.05, 4.69) is 6.92 Å². The number of phosphoric acid groups is 1. The molecule has 0 amide bonds. The molecule has 408 valence electrons. The van der Waals surface area contributed by atoms with Crippen molar-refractivity contribution in [2.24, 2.45) is 21.7 Å². The molecule has 19 heteroatoms. The maximum atomic E-state index is 14.3. The topological polar surface area (TPSA) is 212 Å². The maximum Gasteiger partial charge on any atom is 0.500 e. The highest BCUT2D eigenvalue weighted by molar-refractivity contribution is 7.45. The van der Waals surface area contributed by atoms with E-state index >= 15 is 0 Å². The van der Waals surface area contributed by atoms with Gasteiger partial charge in [0.05, 0.1) is 68.7 Å². The number of hydrogen-bond donors (Lipinski definition) is 1. The van der Waals surface area contributed by atoms with Gasteiger partial charge in [0.15, 0.2) is 0 Å². The van der Waals surface area contributed by atoms with Crippen molar-refractivity contribution in [1.29, 1.82) is 0 Å². The fourth-order valence-electron chi connectivity index (χ4n) is 7.56. The van der Waals surface area contributed by atoms with E-state index < -0.39 is 74.9 Å². The largest absolute Gasteiger partial charge is 0.756 e. The Morgan fingerprint density at radius 1 is 0.551 bits per heavy atom. The highest BCUT2D eigenvalue weighted by Crippen LogP contribution is 2.45. The van der Waals surface area contributed by atoms with Crippen LogP contribution in [0.1, 0.15) is 177 Å². The number of carbonyl (C=O) groups excluding carboxylic acids is 4. The number of hydrogen-bond acceptors (Lipinski definition) is 16. The van der Waals surface area contributed by atoms with Gasteiger partial charge in [-0.25, -0.2) is 0 Å². The Hall–Kier alpha value is -1.99. The first-order chi connectivity index (χ1) is 32.2. The normalized spacial score (nSPS) is 17.0. The fraction of sp³-hybridized carbons (Fsp3) is 0.920. The van der Waals surface area contributed by atoms with Crippen molar-refractivity contribution in [3.05, 3.63) is 0 Å². The Kier molecular flexibility index (Phi) is 32.7. The van der Waals surface area contributed by atoms with Crippen LogP contribution >= 0.6 is 7.82 Å². The molecular weight excluding hydrogens is 930 g/mol. The molecule has 0 saturated carbocycles. The van der Waals surface area contributed by atoms with Crippen LogP contribution in [0.15, 0.2) is 0 Å². The molecule has 0 spiro atoms. The van der Waals surface area contributed by atoms with Crippen LogP contribution < -0.4 is 4.89 Å². The third kappa shape index (κ3) is 27.0. The average Bonchev–Trinajstić information content (AvgIpc) is 3.31. The summed E-state index contributed by atoms with van der Waals surface area (Å²) >= 11 is 0. The van der Waals surface area contributed by atoms with Crippen molar-refractivity contribution < 1.29 is 79.5 Å². The summed E-state index contributed by atoms with van der Waals surface area (Å²) in [6, 6.07) is 0.452. The van der Waals surface area contributed by atoms with Gasteiger partial charge >= 0.3 is 32.7 Å². The average molecular weight is 1030 g/mol. The summed E-state index contributed by atoms with van der Waals surface area (Å²) in [6.07, 6.45) is 12.8. The lowest BCUT2D eigenvalue weighted by Crippen LogP contribution is -2.43. The van der Waals surface area contributed by atoms with E-state index in [0.29, 0.717) is 42.8 Å². The predicted octanol–water partition coefficient (Wildman–Crippen LogP) is 9.12. The number of nitrogens with zero attached hydrogens (tertiary/aromatic N) is 1. The molecule has 0 aliphatic rings. The van der Waals surface area contributed by atoms with E-state index in [1.165, 1.54) is 66.8 Å². The van der Waals surface area contributed by atoms with Gasteiger partial charge in [0, 0.05) is 27.4 Å². The van der Waals surface area contributed by atoms with Crippen molar-refractivity contribution in [1.82, 2.24) is 0 Å². The van der Waals surface area contributed by atoms with Gasteiger partial charge in [-0.2, -0.15) is 0 Å². The second-order valence-electron chi connectivity index (χ2n) is 21.0. The highest BCUT2D eigenvalue weighted by Gasteiger charge is 2.46. The first kappa shape index (κ1) is 67.0. The van der Waals surface area contributed by atoms with E-state index in [0.717, 1.165) is 19.3 Å². The minimum atomic E-state index is -4.61. The molecule has 0 fully saturated rings. The van der Waals surface area contributed by atoms with E-state index in [9.17, 15) is 33.7 Å². The number of likely N-dealkylation sites (N-methyl/N-ethyl adjacent to an activating group) is 1. The number of aliphatic hydroxyl groups is 1. The number of quaternary nitrogens is 1. The van der Waals surface area contributed by atoms with E-state index in [1.807, 2.05) is 41.9 Å². The van der Waals surface area contributed by atoms with Gasteiger partial charge < -0.3 is 55.8 Å². The third-order valence-corrected chi connectivity index (χ3v) is 17.6. The van der Waals surface area contributed by atoms with Gasteiger partial charge in [0.2, 0.25) is 0 Å². The monoisotopic (exact) mass is 1030 g/mol. The van der Waals surface area contributed by atoms with Crippen LogP contribution in [0.25, 0.3) is 0 Å². The Labute approximate surface area is 418 Å². The smallest absolute Gasteiger partial charge is 0.500 e. The number of esters is 4. The highest BCUT2D eigenvalue weighted by atomic mass is 31.2. The minimum absolute atomic E-state index is 0.0586. The standard InChI is InChI=1S/C50H98NO16PSi/c1-15-18-19-20-21-22-23-24-25-26-35-62-45(55)49(7,30-28-48(6,17-3)44(54)64-38-39-67-68(57,58)66-37-34-51(9,10)11)32-33-50(8,46(56)65-41-42(4)52)31-29-47(5,16-2)43(53)63-36-27-40-69(59-12,60-13)61-14/h42,52H,15-41H2,1-14H3. The summed E-state index contributed by atoms with van der Waals surface area (Å²) in [7, 11) is 2.81. The zero-order valence-corrected chi connectivity index (χ0v) is 47.5. The Bertz CT molecular complexity index is 1500. The zero-order valence-electron chi connectivity index (χ0n) is 45.6. The molecule has 0 bridgehead atoms. The lowest BCUT2D eigenvalue weighted by atomic mass is 9.68. The third-order valence-electron chi connectivity index (χ3n) is 13.8. The molecule has 0 heterocycles. The Balaban J connectivity index is 6.28. The fourth-order valence-corrected chi connectivity index (χ4v) is 9.93. The number of phosphoric ester groups is 1. The van der Waals surface area contributed by atoms with Crippen LogP contribution in [-0.2, 0) is 65.0 Å². The molecule has 6 atom stereocenters. The van der Waals surface area contributed by atoms with Crippen molar-refractivity contribution in [2.75, 3.05) is 88.7 Å². The minimum Gasteiger partial charge on any atom is -0.756 e. The number of ether oxygens (including phenoxy) is 4. The second-order valence-corrected chi connectivity index (χ2v) is 25.5. The summed E-state index contributed by atoms with van der Waals surface area (Å²) in [5.41, 5.74) is -4.39. The lowest BCUT2D eigenvalue weighted by Gasteiger charge is -2.37. The van der Waals surface area contributed by atoms with Crippen LogP contribution in [0.2, 0.25) is 6.04 Å². The molecule has 69 heavy (non-hydrogen) atoms. The molecule has 0 saturated heterocycles. The molecule has 17 nitrogen and oxygen atoms in total. The first-order valence-corrected chi connectivity index (χ1v) is 29.0. The SMILES string of the molecule is CCCCCCCCCCCCOC(=O)C(C)(CCC(C)(CC)C(=O)OCCOP(=O)([O-])OCC[N+](C)(C)C)CCC(C)(CCC(C)(CC)C(=O)OCCC[Si](OC)(OC)OC)C(=O)OCC(C)O. The molecule has 0 aromatic rings. The van der Waals surface area contributed by atoms with Gasteiger partial charge in [-0.1, -0.05) is 78.6 Å². The van der Waals surface area contributed by atoms with Crippen LogP contribution in [0.5, 0.6) is 0 Å². The molecule has 0 rings (SSSR count). The van der Waals surface area contributed by atoms with E-state index in [4.69, 9.17) is 41.3 Å². The van der Waals surface area contributed by atoms with Gasteiger partial charge in [-0.15, -0.1) is 0 Å². The zero-order chi connectivity index (χ0) is 52.8. The van der Waals surface area contributed by atoms with E-state index in [-0.39, 0.29) is 71.6 Å². The summed E-state index contributed by atoms with van der Waals surface area (Å²) in [6.45, 7) is 14.3. The molecule has 0 aliphatic heterocycles.